The highest BCUT2D eigenvalue weighted by Crippen LogP contribution is 2.63. The van der Waals surface area contributed by atoms with Gasteiger partial charge in [0.2, 0.25) is 0 Å². The van der Waals surface area contributed by atoms with Crippen LogP contribution < -0.4 is 0 Å². The van der Waals surface area contributed by atoms with Crippen molar-refractivity contribution in [3.8, 4) is 0 Å². The third kappa shape index (κ3) is 3.39. The SMILES string of the molecule is CCC(C)OP(=O)(O)C(F)(F)c1ccc([N+](=O)[O-])cc1. The molecule has 0 amide bonds. The number of nitro benzene ring substituents is 1. The molecule has 0 saturated heterocycles. The van der Waals surface area contributed by atoms with Gasteiger partial charge in [0, 0.05) is 17.7 Å². The Hall–Kier alpha value is -1.37. The number of rotatable bonds is 6. The second kappa shape index (κ2) is 5.95. The van der Waals surface area contributed by atoms with Crippen LogP contribution in [0.5, 0.6) is 0 Å². The van der Waals surface area contributed by atoms with Gasteiger partial charge in [-0.25, -0.2) is 0 Å². The van der Waals surface area contributed by atoms with E-state index in [0.29, 0.717) is 6.42 Å². The number of nitro groups is 1. The molecule has 2 atom stereocenters. The molecule has 0 spiro atoms. The van der Waals surface area contributed by atoms with Crippen molar-refractivity contribution in [1.82, 2.24) is 0 Å². The Kier molecular flexibility index (Phi) is 4.96. The summed E-state index contributed by atoms with van der Waals surface area (Å²) in [5, 5.41) is 10.4. The van der Waals surface area contributed by atoms with Crippen molar-refractivity contribution in [2.75, 3.05) is 0 Å². The number of alkyl halides is 2. The van der Waals surface area contributed by atoms with E-state index in [1.165, 1.54) is 6.92 Å². The predicted octanol–water partition coefficient (Wildman–Crippen LogP) is 3.64. The van der Waals surface area contributed by atoms with E-state index >= 15 is 0 Å². The molecular formula is C11H14F2NO5P. The summed E-state index contributed by atoms with van der Waals surface area (Å²) in [6.07, 6.45) is -0.518. The maximum absolute atomic E-state index is 14.0. The number of nitrogens with zero attached hydrogens (tertiary/aromatic N) is 1. The molecule has 2 unspecified atom stereocenters. The molecule has 112 valence electrons. The topological polar surface area (TPSA) is 89.7 Å². The molecule has 0 bridgehead atoms. The standard InChI is InChI=1S/C11H14F2NO5P/c1-3-8(2)19-20(17,18)11(12,13)9-4-6-10(7-5-9)14(15)16/h4-8H,3H2,1-2H3,(H,17,18). The van der Waals surface area contributed by atoms with Crippen molar-refractivity contribution in [3.05, 3.63) is 39.9 Å². The van der Waals surface area contributed by atoms with Gasteiger partial charge in [-0.15, -0.1) is 0 Å². The molecule has 0 aliphatic rings. The van der Waals surface area contributed by atoms with Crippen LogP contribution in [0.2, 0.25) is 0 Å². The first-order valence-corrected chi connectivity index (χ1v) is 7.33. The lowest BCUT2D eigenvalue weighted by Crippen LogP contribution is -2.19. The number of halogens is 2. The molecule has 0 aliphatic heterocycles. The van der Waals surface area contributed by atoms with Crippen LogP contribution in [0.25, 0.3) is 0 Å². The van der Waals surface area contributed by atoms with Crippen molar-refractivity contribution < 1.29 is 27.7 Å². The molecule has 0 fully saturated rings. The van der Waals surface area contributed by atoms with Gasteiger partial charge >= 0.3 is 13.3 Å². The minimum atomic E-state index is -5.23. The first-order valence-electron chi connectivity index (χ1n) is 5.76. The van der Waals surface area contributed by atoms with Gasteiger partial charge in [-0.2, -0.15) is 8.78 Å². The van der Waals surface area contributed by atoms with Gasteiger partial charge in [-0.05, 0) is 25.5 Å². The maximum atomic E-state index is 14.0. The smallest absolute Gasteiger partial charge is 0.320 e. The van der Waals surface area contributed by atoms with Gasteiger partial charge in [-0.3, -0.25) is 14.7 Å². The molecule has 1 rings (SSSR count). The third-order valence-electron chi connectivity index (χ3n) is 2.68. The van der Waals surface area contributed by atoms with E-state index in [9.17, 15) is 28.4 Å². The fourth-order valence-corrected chi connectivity index (χ4v) is 2.58. The van der Waals surface area contributed by atoms with Gasteiger partial charge in [0.25, 0.3) is 5.69 Å². The van der Waals surface area contributed by atoms with Crippen molar-refractivity contribution >= 4 is 13.3 Å². The molecule has 1 aromatic rings. The summed E-state index contributed by atoms with van der Waals surface area (Å²) in [5.74, 6) is 0. The van der Waals surface area contributed by atoms with Crippen LogP contribution in [-0.2, 0) is 14.8 Å². The third-order valence-corrected chi connectivity index (χ3v) is 4.29. The molecule has 0 heterocycles. The number of non-ortho nitro benzene ring substituents is 1. The number of hydrogen-bond donors (Lipinski definition) is 1. The first kappa shape index (κ1) is 16.7. The van der Waals surface area contributed by atoms with Crippen molar-refractivity contribution in [3.63, 3.8) is 0 Å². The monoisotopic (exact) mass is 309 g/mol. The molecule has 1 N–H and O–H groups in total. The lowest BCUT2D eigenvalue weighted by Gasteiger charge is -2.24. The van der Waals surface area contributed by atoms with Gasteiger partial charge in [0.1, 0.15) is 0 Å². The van der Waals surface area contributed by atoms with E-state index in [1.807, 2.05) is 0 Å². The number of hydrogen-bond acceptors (Lipinski definition) is 4. The van der Waals surface area contributed by atoms with E-state index in [0.717, 1.165) is 24.3 Å². The molecule has 0 radical (unpaired) electrons. The molecule has 9 heteroatoms. The normalized spacial score (nSPS) is 16.4. The van der Waals surface area contributed by atoms with Crippen LogP contribution >= 0.6 is 7.60 Å². The van der Waals surface area contributed by atoms with E-state index in [2.05, 4.69) is 4.52 Å². The molecule has 1 aromatic carbocycles. The second-order valence-electron chi connectivity index (χ2n) is 4.19. The summed E-state index contributed by atoms with van der Waals surface area (Å²) in [4.78, 5) is 19.1. The summed E-state index contributed by atoms with van der Waals surface area (Å²) in [5.41, 5.74) is -5.33. The Morgan fingerprint density at radius 1 is 1.45 bits per heavy atom. The lowest BCUT2D eigenvalue weighted by atomic mass is 10.2. The highest BCUT2D eigenvalue weighted by atomic mass is 31.2. The molecule has 6 nitrogen and oxygen atoms in total. The summed E-state index contributed by atoms with van der Waals surface area (Å²) >= 11 is 0. The van der Waals surface area contributed by atoms with Crippen LogP contribution in [-0.4, -0.2) is 15.9 Å². The van der Waals surface area contributed by atoms with Gasteiger partial charge in [0.15, 0.2) is 0 Å². The Morgan fingerprint density at radius 2 is 1.95 bits per heavy atom. The zero-order chi connectivity index (χ0) is 15.6. The Balaban J connectivity index is 3.08. The molecule has 20 heavy (non-hydrogen) atoms. The number of benzene rings is 1. The fourth-order valence-electron chi connectivity index (χ4n) is 1.33. The molecule has 0 saturated carbocycles. The molecular weight excluding hydrogens is 295 g/mol. The summed E-state index contributed by atoms with van der Waals surface area (Å²) in [6, 6.07) is 3.15. The Bertz CT molecular complexity index is 534. The van der Waals surface area contributed by atoms with Crippen molar-refractivity contribution in [1.29, 1.82) is 0 Å². The minimum Gasteiger partial charge on any atom is -0.320 e. The lowest BCUT2D eigenvalue weighted by molar-refractivity contribution is -0.384. The van der Waals surface area contributed by atoms with Crippen LogP contribution in [0.4, 0.5) is 14.5 Å². The maximum Gasteiger partial charge on any atom is 0.402 e. The summed E-state index contributed by atoms with van der Waals surface area (Å²) < 4.78 is 44.1. The summed E-state index contributed by atoms with van der Waals surface area (Å²) in [7, 11) is -5.23. The van der Waals surface area contributed by atoms with Gasteiger partial charge < -0.3 is 9.42 Å². The Labute approximate surface area is 114 Å². The second-order valence-corrected chi connectivity index (χ2v) is 6.00. The van der Waals surface area contributed by atoms with Crippen LogP contribution in [0.15, 0.2) is 24.3 Å². The largest absolute Gasteiger partial charge is 0.402 e. The molecule has 0 aliphatic carbocycles. The average molecular weight is 309 g/mol. The minimum absolute atomic E-state index is 0.293. The van der Waals surface area contributed by atoms with Crippen molar-refractivity contribution in [2.24, 2.45) is 0 Å². The van der Waals surface area contributed by atoms with E-state index in [4.69, 9.17) is 0 Å². The highest BCUT2D eigenvalue weighted by molar-refractivity contribution is 7.53. The first-order chi connectivity index (χ1) is 9.11. The Morgan fingerprint density at radius 3 is 2.35 bits per heavy atom. The fraction of sp³-hybridized carbons (Fsp3) is 0.455. The van der Waals surface area contributed by atoms with Crippen LogP contribution in [0, 0.1) is 10.1 Å². The molecule has 0 aromatic heterocycles. The van der Waals surface area contributed by atoms with Crippen molar-refractivity contribution in [2.45, 2.75) is 32.0 Å². The zero-order valence-electron chi connectivity index (χ0n) is 10.8. The predicted molar refractivity (Wildman–Crippen MR) is 67.7 cm³/mol. The summed E-state index contributed by atoms with van der Waals surface area (Å²) in [6.45, 7) is 3.02. The van der Waals surface area contributed by atoms with Crippen LogP contribution in [0.3, 0.4) is 0 Å². The van der Waals surface area contributed by atoms with Gasteiger partial charge in [-0.1, -0.05) is 6.92 Å². The average Bonchev–Trinajstić information content (AvgIpc) is 2.37. The quantitative estimate of drug-likeness (QED) is 0.492. The highest BCUT2D eigenvalue weighted by Gasteiger charge is 2.53. The van der Waals surface area contributed by atoms with Gasteiger partial charge in [0.05, 0.1) is 11.0 Å². The van der Waals surface area contributed by atoms with E-state index < -0.39 is 29.9 Å². The zero-order valence-corrected chi connectivity index (χ0v) is 11.7. The van der Waals surface area contributed by atoms with Crippen LogP contribution in [0.1, 0.15) is 25.8 Å². The van der Waals surface area contributed by atoms with E-state index in [1.54, 1.807) is 6.92 Å². The van der Waals surface area contributed by atoms with E-state index in [-0.39, 0.29) is 5.69 Å².